The van der Waals surface area contributed by atoms with E-state index in [1.165, 1.54) is 12.0 Å². The summed E-state index contributed by atoms with van der Waals surface area (Å²) in [5.41, 5.74) is 1.27. The number of ether oxygens (including phenoxy) is 1. The molecule has 0 spiro atoms. The average Bonchev–Trinajstić information content (AvgIpc) is 2.26. The van der Waals surface area contributed by atoms with E-state index in [-0.39, 0.29) is 0 Å². The number of nitrogens with two attached hydrogens (primary N) is 1. The molecule has 0 aliphatic heterocycles. The first-order valence-corrected chi connectivity index (χ1v) is 5.23. The fraction of sp³-hybridized carbons (Fsp3) is 0.500. The van der Waals surface area contributed by atoms with Gasteiger partial charge in [-0.2, -0.15) is 0 Å². The molecule has 2 N–H and O–H groups in total. The molecule has 0 saturated heterocycles. The van der Waals surface area contributed by atoms with Gasteiger partial charge in [0.05, 0.1) is 13.2 Å². The number of methoxy groups -OCH3 is 1. The van der Waals surface area contributed by atoms with Gasteiger partial charge in [-0.1, -0.05) is 19.1 Å². The van der Waals surface area contributed by atoms with Gasteiger partial charge in [0, 0.05) is 5.56 Å². The van der Waals surface area contributed by atoms with Gasteiger partial charge in [-0.15, -0.1) is 0 Å². The minimum atomic E-state index is 0.680. The predicted octanol–water partition coefficient (Wildman–Crippen LogP) is 1.56. The fourth-order valence-electron chi connectivity index (χ4n) is 1.37. The highest BCUT2D eigenvalue weighted by Gasteiger charge is 2.05. The maximum atomic E-state index is 5.29. The zero-order valence-electron chi connectivity index (χ0n) is 9.29. The molecule has 1 aromatic carbocycles. The van der Waals surface area contributed by atoms with E-state index in [1.54, 1.807) is 7.11 Å². The molecule has 0 aliphatic carbocycles. The topological polar surface area (TPSA) is 25.8 Å². The lowest BCUT2D eigenvalue weighted by atomic mass is 10.2. The SMILES string of the molecule is CC[C@@H](C)[NH2+]Cc1ccccc1OC. The minimum absolute atomic E-state index is 0.680. The Balaban J connectivity index is 2.57. The van der Waals surface area contributed by atoms with Crippen molar-refractivity contribution in [3.63, 3.8) is 0 Å². The molecule has 1 atom stereocenters. The van der Waals surface area contributed by atoms with Gasteiger partial charge in [0.15, 0.2) is 0 Å². The zero-order valence-corrected chi connectivity index (χ0v) is 9.29. The third-order valence-corrected chi connectivity index (χ3v) is 2.58. The number of benzene rings is 1. The minimum Gasteiger partial charge on any atom is -0.496 e. The van der Waals surface area contributed by atoms with Gasteiger partial charge >= 0.3 is 0 Å². The lowest BCUT2D eigenvalue weighted by Crippen LogP contribution is -2.87. The van der Waals surface area contributed by atoms with E-state index in [4.69, 9.17) is 4.74 Å². The number of hydrogen-bond acceptors (Lipinski definition) is 1. The van der Waals surface area contributed by atoms with Crippen LogP contribution in [-0.4, -0.2) is 13.2 Å². The first-order chi connectivity index (χ1) is 6.77. The molecule has 2 heteroatoms. The molecule has 2 nitrogen and oxygen atoms in total. The lowest BCUT2D eigenvalue weighted by molar-refractivity contribution is -0.701. The highest BCUT2D eigenvalue weighted by atomic mass is 16.5. The summed E-state index contributed by atoms with van der Waals surface area (Å²) in [6.45, 7) is 5.46. The van der Waals surface area contributed by atoms with E-state index < -0.39 is 0 Å². The second-order valence-corrected chi connectivity index (χ2v) is 3.64. The van der Waals surface area contributed by atoms with Crippen LogP contribution in [0.5, 0.6) is 5.75 Å². The Hall–Kier alpha value is -1.02. The molecule has 0 bridgehead atoms. The van der Waals surface area contributed by atoms with Crippen LogP contribution in [0.4, 0.5) is 0 Å². The van der Waals surface area contributed by atoms with Gasteiger partial charge in [0.25, 0.3) is 0 Å². The number of para-hydroxylation sites is 1. The Morgan fingerprint density at radius 1 is 1.36 bits per heavy atom. The summed E-state index contributed by atoms with van der Waals surface area (Å²) in [5.74, 6) is 0.993. The molecule has 14 heavy (non-hydrogen) atoms. The van der Waals surface area contributed by atoms with Crippen LogP contribution >= 0.6 is 0 Å². The molecule has 0 aromatic heterocycles. The molecule has 78 valence electrons. The number of hydrogen-bond donors (Lipinski definition) is 1. The second-order valence-electron chi connectivity index (χ2n) is 3.64. The second kappa shape index (κ2) is 5.66. The van der Waals surface area contributed by atoms with Gasteiger partial charge < -0.3 is 10.1 Å². The zero-order chi connectivity index (χ0) is 10.4. The van der Waals surface area contributed by atoms with E-state index in [0.717, 1.165) is 12.3 Å². The smallest absolute Gasteiger partial charge is 0.127 e. The van der Waals surface area contributed by atoms with E-state index in [9.17, 15) is 0 Å². The number of rotatable bonds is 5. The quantitative estimate of drug-likeness (QED) is 0.756. The highest BCUT2D eigenvalue weighted by Crippen LogP contribution is 2.15. The fourth-order valence-corrected chi connectivity index (χ4v) is 1.37. The van der Waals surface area contributed by atoms with Crippen molar-refractivity contribution in [2.24, 2.45) is 0 Å². The largest absolute Gasteiger partial charge is 0.496 e. The van der Waals surface area contributed by atoms with Gasteiger partial charge in [-0.05, 0) is 25.5 Å². The Morgan fingerprint density at radius 2 is 2.07 bits per heavy atom. The molecule has 0 aliphatic rings. The molecule has 0 saturated carbocycles. The lowest BCUT2D eigenvalue weighted by Gasteiger charge is -2.10. The molecule has 0 radical (unpaired) electrons. The van der Waals surface area contributed by atoms with Crippen molar-refractivity contribution < 1.29 is 10.1 Å². The third-order valence-electron chi connectivity index (χ3n) is 2.58. The van der Waals surface area contributed by atoms with Crippen molar-refractivity contribution in [2.75, 3.05) is 7.11 Å². The van der Waals surface area contributed by atoms with Crippen LogP contribution in [-0.2, 0) is 6.54 Å². The van der Waals surface area contributed by atoms with Crippen molar-refractivity contribution in [1.29, 1.82) is 0 Å². The van der Waals surface area contributed by atoms with Crippen LogP contribution in [0.15, 0.2) is 24.3 Å². The molecular weight excluding hydrogens is 174 g/mol. The molecule has 0 unspecified atom stereocenters. The van der Waals surface area contributed by atoms with E-state index in [2.05, 4.69) is 31.3 Å². The van der Waals surface area contributed by atoms with Crippen molar-refractivity contribution in [1.82, 2.24) is 0 Å². The maximum absolute atomic E-state index is 5.29. The molecule has 0 heterocycles. The van der Waals surface area contributed by atoms with E-state index in [1.807, 2.05) is 12.1 Å². The van der Waals surface area contributed by atoms with E-state index >= 15 is 0 Å². The Kier molecular flexibility index (Phi) is 4.47. The van der Waals surface area contributed by atoms with Crippen LogP contribution in [0, 0.1) is 0 Å². The highest BCUT2D eigenvalue weighted by molar-refractivity contribution is 5.32. The molecule has 0 amide bonds. The molecular formula is C12H20NO+. The van der Waals surface area contributed by atoms with Crippen molar-refractivity contribution in [2.45, 2.75) is 32.9 Å². The van der Waals surface area contributed by atoms with Crippen LogP contribution < -0.4 is 10.1 Å². The summed E-state index contributed by atoms with van der Waals surface area (Å²) in [6.07, 6.45) is 1.20. The van der Waals surface area contributed by atoms with Gasteiger partial charge in [-0.3, -0.25) is 0 Å². The summed E-state index contributed by atoms with van der Waals surface area (Å²) >= 11 is 0. The Morgan fingerprint density at radius 3 is 2.71 bits per heavy atom. The average molecular weight is 194 g/mol. The maximum Gasteiger partial charge on any atom is 0.127 e. The van der Waals surface area contributed by atoms with Crippen LogP contribution in [0.1, 0.15) is 25.8 Å². The van der Waals surface area contributed by atoms with Crippen LogP contribution in [0.2, 0.25) is 0 Å². The summed E-state index contributed by atoms with van der Waals surface area (Å²) in [7, 11) is 1.72. The van der Waals surface area contributed by atoms with Crippen LogP contribution in [0.3, 0.4) is 0 Å². The molecule has 1 aromatic rings. The van der Waals surface area contributed by atoms with Crippen molar-refractivity contribution >= 4 is 0 Å². The van der Waals surface area contributed by atoms with Gasteiger partial charge in [0.1, 0.15) is 12.3 Å². The summed E-state index contributed by atoms with van der Waals surface area (Å²) < 4.78 is 5.29. The first-order valence-electron chi connectivity index (χ1n) is 5.23. The summed E-state index contributed by atoms with van der Waals surface area (Å²) in [6, 6.07) is 8.88. The van der Waals surface area contributed by atoms with Gasteiger partial charge in [0.2, 0.25) is 0 Å². The predicted molar refractivity (Wildman–Crippen MR) is 58.4 cm³/mol. The summed E-state index contributed by atoms with van der Waals surface area (Å²) in [4.78, 5) is 0. The molecule has 0 fully saturated rings. The Labute approximate surface area is 86.3 Å². The van der Waals surface area contributed by atoms with E-state index in [0.29, 0.717) is 6.04 Å². The first kappa shape index (κ1) is 11.1. The summed E-state index contributed by atoms with van der Waals surface area (Å²) in [5, 5.41) is 2.35. The molecule has 1 rings (SSSR count). The third kappa shape index (κ3) is 3.04. The van der Waals surface area contributed by atoms with Gasteiger partial charge in [-0.25, -0.2) is 0 Å². The standard InChI is InChI=1S/C12H19NO/c1-4-10(2)13-9-11-7-5-6-8-12(11)14-3/h5-8,10,13H,4,9H2,1-3H3/p+1/t10-/m1/s1. The monoisotopic (exact) mass is 194 g/mol. The normalized spacial score (nSPS) is 12.5. The van der Waals surface area contributed by atoms with Crippen LogP contribution in [0.25, 0.3) is 0 Å². The number of quaternary nitrogens is 1. The van der Waals surface area contributed by atoms with Crippen molar-refractivity contribution in [3.8, 4) is 5.75 Å². The Bertz CT molecular complexity index is 273. The van der Waals surface area contributed by atoms with Crippen molar-refractivity contribution in [3.05, 3.63) is 29.8 Å².